The average molecular weight is 417 g/mol. The summed E-state index contributed by atoms with van der Waals surface area (Å²) in [6.45, 7) is 2.43. The molecule has 2 aromatic rings. The monoisotopic (exact) mass is 417 g/mol. The van der Waals surface area contributed by atoms with Gasteiger partial charge in [0.1, 0.15) is 11.9 Å². The molecule has 7 nitrogen and oxygen atoms in total. The van der Waals surface area contributed by atoms with Gasteiger partial charge in [0.05, 0.1) is 36.6 Å². The Morgan fingerprint density at radius 3 is 2.72 bits per heavy atom. The number of nitrogens with one attached hydrogen (secondary N) is 2. The van der Waals surface area contributed by atoms with Crippen LogP contribution in [0.1, 0.15) is 6.92 Å². The van der Waals surface area contributed by atoms with E-state index in [1.54, 1.807) is 19.1 Å². The second-order valence-electron chi connectivity index (χ2n) is 6.40. The van der Waals surface area contributed by atoms with Gasteiger partial charge >= 0.3 is 6.09 Å². The van der Waals surface area contributed by atoms with Crippen LogP contribution in [-0.2, 0) is 4.74 Å². The molecule has 0 aromatic heterocycles. The zero-order valence-corrected chi connectivity index (χ0v) is 16.7. The normalized spacial score (nSPS) is 15.6. The molecule has 0 spiro atoms. The Morgan fingerprint density at radius 1 is 1.28 bits per heavy atom. The topological polar surface area (TPSA) is 79.9 Å². The summed E-state index contributed by atoms with van der Waals surface area (Å²) in [5.74, 6) is -0.360. The quantitative estimate of drug-likeness (QED) is 0.699. The minimum atomic E-state index is -0.549. The van der Waals surface area contributed by atoms with Gasteiger partial charge in [-0.1, -0.05) is 12.2 Å². The second-order valence-corrected chi connectivity index (χ2v) is 7.01. The highest BCUT2D eigenvalue weighted by Crippen LogP contribution is 2.27. The Morgan fingerprint density at radius 2 is 2.03 bits per heavy atom. The maximum Gasteiger partial charge on any atom is 0.414 e. The number of amides is 1. The van der Waals surface area contributed by atoms with Crippen molar-refractivity contribution in [3.8, 4) is 5.75 Å². The third-order valence-corrected chi connectivity index (χ3v) is 4.43. The average Bonchev–Trinajstić information content (AvgIpc) is 2.96. The molecule has 1 aliphatic rings. The van der Waals surface area contributed by atoms with Crippen LogP contribution in [0.3, 0.4) is 0 Å². The van der Waals surface area contributed by atoms with E-state index in [1.807, 2.05) is 0 Å². The van der Waals surface area contributed by atoms with Crippen LogP contribution in [0.2, 0.25) is 0 Å². The van der Waals surface area contributed by atoms with Crippen molar-refractivity contribution >= 4 is 40.4 Å². The van der Waals surface area contributed by atoms with Crippen molar-refractivity contribution in [2.75, 3.05) is 30.4 Å². The first-order valence-corrected chi connectivity index (χ1v) is 9.25. The number of cyclic esters (lactones) is 1. The summed E-state index contributed by atoms with van der Waals surface area (Å²) in [6.07, 6.45) is -0.911. The van der Waals surface area contributed by atoms with E-state index in [-0.39, 0.29) is 23.0 Å². The van der Waals surface area contributed by atoms with Crippen LogP contribution >= 0.6 is 12.2 Å². The molecule has 1 unspecified atom stereocenters. The van der Waals surface area contributed by atoms with Crippen molar-refractivity contribution in [2.45, 2.75) is 13.0 Å². The predicted molar refractivity (Wildman–Crippen MR) is 113 cm³/mol. The molecule has 0 saturated carbocycles. The lowest BCUT2D eigenvalue weighted by Gasteiger charge is -2.15. The predicted octanol–water partition coefficient (Wildman–Crippen LogP) is 3.20. The van der Waals surface area contributed by atoms with Crippen LogP contribution in [-0.4, -0.2) is 37.4 Å². The highest BCUT2D eigenvalue weighted by atomic mass is 32.1. The molecule has 1 heterocycles. The molecule has 1 aliphatic heterocycles. The number of anilines is 3. The zero-order chi connectivity index (χ0) is 21.0. The van der Waals surface area contributed by atoms with Gasteiger partial charge < -0.3 is 20.1 Å². The highest BCUT2D eigenvalue weighted by Gasteiger charge is 2.32. The van der Waals surface area contributed by atoms with Crippen molar-refractivity contribution < 1.29 is 18.7 Å². The molecule has 1 fully saturated rings. The van der Waals surface area contributed by atoms with Gasteiger partial charge in [0, 0.05) is 5.69 Å². The number of benzene rings is 1. The summed E-state index contributed by atoms with van der Waals surface area (Å²) in [6, 6.07) is 10.4. The minimum absolute atomic E-state index is 0.189. The first-order valence-electron chi connectivity index (χ1n) is 8.85. The highest BCUT2D eigenvalue weighted by molar-refractivity contribution is 7.80. The third kappa shape index (κ3) is 5.00. The first kappa shape index (κ1) is 20.5. The van der Waals surface area contributed by atoms with Crippen LogP contribution < -0.4 is 25.7 Å². The molecule has 1 atom stereocenters. The van der Waals surface area contributed by atoms with Gasteiger partial charge in [-0.15, -0.1) is 0 Å². The van der Waals surface area contributed by atoms with E-state index < -0.39 is 11.9 Å². The Kier molecular flexibility index (Phi) is 6.28. The number of thiocarbonyl (C=S) groups is 1. The fourth-order valence-corrected chi connectivity index (χ4v) is 2.91. The second kappa shape index (κ2) is 8.87. The molecular formula is C20H20FN3O4S. The van der Waals surface area contributed by atoms with Crippen LogP contribution in [0, 0.1) is 5.82 Å². The van der Waals surface area contributed by atoms with E-state index in [0.717, 1.165) is 0 Å². The number of hydrogen-bond donors (Lipinski definition) is 2. The van der Waals surface area contributed by atoms with Crippen molar-refractivity contribution in [1.29, 1.82) is 0 Å². The number of ether oxygens (including phenoxy) is 2. The molecule has 1 saturated heterocycles. The molecule has 3 rings (SSSR count). The van der Waals surface area contributed by atoms with Crippen LogP contribution in [0.4, 0.5) is 26.2 Å². The van der Waals surface area contributed by atoms with Gasteiger partial charge in [0.25, 0.3) is 0 Å². The van der Waals surface area contributed by atoms with Crippen molar-refractivity contribution in [1.82, 2.24) is 5.32 Å². The van der Waals surface area contributed by atoms with Crippen LogP contribution in [0.15, 0.2) is 47.3 Å². The molecule has 9 heteroatoms. The molecular weight excluding hydrogens is 397 g/mol. The summed E-state index contributed by atoms with van der Waals surface area (Å²) in [5, 5.41) is 5.87. The number of methoxy groups -OCH3 is 1. The molecule has 0 aliphatic carbocycles. The molecule has 0 radical (unpaired) electrons. The van der Waals surface area contributed by atoms with Crippen LogP contribution in [0.5, 0.6) is 5.75 Å². The van der Waals surface area contributed by atoms with Crippen molar-refractivity contribution in [3.63, 3.8) is 0 Å². The van der Waals surface area contributed by atoms with E-state index >= 15 is 0 Å². The van der Waals surface area contributed by atoms with E-state index in [4.69, 9.17) is 21.7 Å². The van der Waals surface area contributed by atoms with Gasteiger partial charge in [-0.25, -0.2) is 9.18 Å². The largest absolute Gasteiger partial charge is 0.493 e. The Balaban J connectivity index is 1.74. The minimum Gasteiger partial charge on any atom is -0.493 e. The van der Waals surface area contributed by atoms with Gasteiger partial charge in [-0.05, 0) is 49.4 Å². The number of carbonyl (C=O) groups is 1. The lowest BCUT2D eigenvalue weighted by molar-refractivity contribution is 0.143. The molecule has 152 valence electrons. The number of rotatable bonds is 6. The maximum absolute atomic E-state index is 14.6. The van der Waals surface area contributed by atoms with E-state index in [9.17, 15) is 14.0 Å². The summed E-state index contributed by atoms with van der Waals surface area (Å²) in [5.41, 5.74) is 0.825. The molecule has 2 aromatic carbocycles. The molecule has 1 amide bonds. The summed E-state index contributed by atoms with van der Waals surface area (Å²) < 4.78 is 24.9. The third-order valence-electron chi connectivity index (χ3n) is 4.29. The van der Waals surface area contributed by atoms with E-state index in [0.29, 0.717) is 29.5 Å². The van der Waals surface area contributed by atoms with E-state index in [1.165, 1.54) is 42.3 Å². The lowest BCUT2D eigenvalue weighted by Crippen LogP contribution is -2.32. The van der Waals surface area contributed by atoms with Gasteiger partial charge in [0.2, 0.25) is 5.43 Å². The van der Waals surface area contributed by atoms with Crippen molar-refractivity contribution in [2.24, 2.45) is 0 Å². The first-order chi connectivity index (χ1) is 13.9. The Labute approximate surface area is 172 Å². The standard InChI is InChI=1S/C20H20FN3O4S/c1-12(29)22-10-15-11-24(20(26)28-15)14-5-6-17(16(21)9-14)23-13-3-7-18(25)19(27-2)8-4-13/h3-9,15,23H,10-11H2,1-2H3,(H,22,29). The van der Waals surface area contributed by atoms with Crippen LogP contribution in [0.25, 0.3) is 0 Å². The Bertz CT molecular complexity index is 1000. The fraction of sp³-hybridized carbons (Fsp3) is 0.250. The van der Waals surface area contributed by atoms with E-state index in [2.05, 4.69) is 10.6 Å². The number of carbonyl (C=O) groups excluding carboxylic acids is 1. The smallest absolute Gasteiger partial charge is 0.414 e. The van der Waals surface area contributed by atoms with Crippen molar-refractivity contribution in [3.05, 3.63) is 58.5 Å². The lowest BCUT2D eigenvalue weighted by atomic mass is 10.2. The number of nitrogens with zero attached hydrogens (tertiary/aromatic N) is 1. The summed E-state index contributed by atoms with van der Waals surface area (Å²) in [4.78, 5) is 25.9. The maximum atomic E-state index is 14.6. The fourth-order valence-electron chi connectivity index (χ4n) is 2.83. The molecule has 2 N–H and O–H groups in total. The van der Waals surface area contributed by atoms with Gasteiger partial charge in [0.15, 0.2) is 5.75 Å². The number of halogens is 1. The van der Waals surface area contributed by atoms with Gasteiger partial charge in [-0.3, -0.25) is 9.69 Å². The molecule has 0 bridgehead atoms. The number of hydrogen-bond acceptors (Lipinski definition) is 6. The molecule has 29 heavy (non-hydrogen) atoms. The Hall–Kier alpha value is -3.20. The SMILES string of the molecule is COc1ccc(Nc2ccc(N3CC(CNC(C)=S)OC3=O)cc2F)ccc1=O. The summed E-state index contributed by atoms with van der Waals surface area (Å²) in [7, 11) is 1.41. The summed E-state index contributed by atoms with van der Waals surface area (Å²) >= 11 is 4.95. The van der Waals surface area contributed by atoms with Gasteiger partial charge in [-0.2, -0.15) is 0 Å². The zero-order valence-electron chi connectivity index (χ0n) is 15.9.